The van der Waals surface area contributed by atoms with E-state index in [0.29, 0.717) is 5.69 Å². The van der Waals surface area contributed by atoms with Crippen LogP contribution in [-0.2, 0) is 0 Å². The first-order chi connectivity index (χ1) is 6.92. The summed E-state index contributed by atoms with van der Waals surface area (Å²) in [5.74, 6) is -0.229. The van der Waals surface area contributed by atoms with Crippen LogP contribution in [0.5, 0.6) is 5.88 Å². The van der Waals surface area contributed by atoms with Crippen molar-refractivity contribution in [3.8, 4) is 5.88 Å². The number of nitrogens with zero attached hydrogens (tertiary/aromatic N) is 1. The van der Waals surface area contributed by atoms with Crippen molar-refractivity contribution in [3.05, 3.63) is 17.3 Å². The molecule has 0 aliphatic heterocycles. The summed E-state index contributed by atoms with van der Waals surface area (Å²) in [6.07, 6.45) is -3.07. The van der Waals surface area contributed by atoms with Gasteiger partial charge < -0.3 is 10.1 Å². The third-order valence-corrected chi connectivity index (χ3v) is 1.74. The van der Waals surface area contributed by atoms with E-state index in [1.807, 2.05) is 0 Å². The van der Waals surface area contributed by atoms with Crippen LogP contribution in [0.15, 0.2) is 12.3 Å². The molecule has 0 unspecified atom stereocenters. The monoisotopic (exact) mass is 276 g/mol. The maximum Gasteiger partial charge on any atom is 0.422 e. The van der Waals surface area contributed by atoms with Crippen molar-refractivity contribution in [3.63, 3.8) is 0 Å². The molecule has 1 rings (SSSR count). The van der Waals surface area contributed by atoms with Gasteiger partial charge in [0.25, 0.3) is 0 Å². The van der Waals surface area contributed by atoms with E-state index in [4.69, 9.17) is 11.6 Å². The molecule has 1 aromatic heterocycles. The average molecular weight is 277 g/mol. The van der Waals surface area contributed by atoms with Crippen molar-refractivity contribution in [1.82, 2.24) is 4.98 Å². The second kappa shape index (κ2) is 6.00. The molecule has 0 atom stereocenters. The summed E-state index contributed by atoms with van der Waals surface area (Å²) in [7, 11) is 1.64. The van der Waals surface area contributed by atoms with Gasteiger partial charge in [0, 0.05) is 7.05 Å². The standard InChI is InChI=1S/C8H8ClF3N2O.ClH/c1-13-5-2-6(9)7(14-3-5)15-4-8(10,11)12;/h2-3,13H,4H2,1H3;1H. The zero-order chi connectivity index (χ0) is 11.5. The number of hydrogen-bond acceptors (Lipinski definition) is 3. The molecule has 8 heteroatoms. The first kappa shape index (κ1) is 15.1. The maximum absolute atomic E-state index is 11.8. The summed E-state index contributed by atoms with van der Waals surface area (Å²) in [6.45, 7) is -1.40. The van der Waals surface area contributed by atoms with Crippen LogP contribution >= 0.6 is 24.0 Å². The van der Waals surface area contributed by atoms with E-state index in [-0.39, 0.29) is 23.3 Å². The van der Waals surface area contributed by atoms with Gasteiger partial charge in [-0.1, -0.05) is 11.6 Å². The van der Waals surface area contributed by atoms with Crippen LogP contribution in [0.2, 0.25) is 5.02 Å². The minimum Gasteiger partial charge on any atom is -0.467 e. The van der Waals surface area contributed by atoms with Crippen LogP contribution in [-0.4, -0.2) is 24.8 Å². The fraction of sp³-hybridized carbons (Fsp3) is 0.375. The number of alkyl halides is 3. The summed E-state index contributed by atoms with van der Waals surface area (Å²) < 4.78 is 39.8. The van der Waals surface area contributed by atoms with Gasteiger partial charge in [0.05, 0.1) is 11.9 Å². The number of aromatic nitrogens is 1. The van der Waals surface area contributed by atoms with Crippen LogP contribution in [0.4, 0.5) is 18.9 Å². The lowest BCUT2D eigenvalue weighted by molar-refractivity contribution is -0.154. The molecular formula is C8H9Cl2F3N2O. The van der Waals surface area contributed by atoms with Crippen molar-refractivity contribution < 1.29 is 17.9 Å². The molecule has 0 fully saturated rings. The van der Waals surface area contributed by atoms with Crippen LogP contribution in [0, 0.1) is 0 Å². The summed E-state index contributed by atoms with van der Waals surface area (Å²) in [5.41, 5.74) is 0.597. The lowest BCUT2D eigenvalue weighted by atomic mass is 10.4. The third-order valence-electron chi connectivity index (χ3n) is 1.47. The van der Waals surface area contributed by atoms with Gasteiger partial charge in [0.1, 0.15) is 5.02 Å². The minimum atomic E-state index is -4.40. The van der Waals surface area contributed by atoms with Gasteiger partial charge in [0.15, 0.2) is 6.61 Å². The van der Waals surface area contributed by atoms with Gasteiger partial charge >= 0.3 is 6.18 Å². The fourth-order valence-electron chi connectivity index (χ4n) is 0.818. The Hall–Kier alpha value is -0.880. The van der Waals surface area contributed by atoms with E-state index in [9.17, 15) is 13.2 Å². The number of rotatable bonds is 3. The Labute approximate surface area is 101 Å². The lowest BCUT2D eigenvalue weighted by Gasteiger charge is -2.10. The molecule has 0 amide bonds. The van der Waals surface area contributed by atoms with Crippen molar-refractivity contribution >= 4 is 29.7 Å². The highest BCUT2D eigenvalue weighted by Crippen LogP contribution is 2.26. The summed E-state index contributed by atoms with van der Waals surface area (Å²) >= 11 is 5.64. The lowest BCUT2D eigenvalue weighted by Crippen LogP contribution is -2.19. The minimum absolute atomic E-state index is 0. The smallest absolute Gasteiger partial charge is 0.422 e. The number of ether oxygens (including phenoxy) is 1. The van der Waals surface area contributed by atoms with Gasteiger partial charge in [-0.15, -0.1) is 12.4 Å². The SMILES string of the molecule is CNc1cnc(OCC(F)(F)F)c(Cl)c1.Cl. The van der Waals surface area contributed by atoms with Crippen LogP contribution < -0.4 is 10.1 Å². The number of anilines is 1. The fourth-order valence-corrected chi connectivity index (χ4v) is 1.04. The Morgan fingerprint density at radius 2 is 2.12 bits per heavy atom. The first-order valence-corrected chi connectivity index (χ1v) is 4.33. The molecule has 0 aliphatic rings. The molecule has 92 valence electrons. The number of hydrogen-bond donors (Lipinski definition) is 1. The molecule has 0 saturated carbocycles. The van der Waals surface area contributed by atoms with E-state index in [2.05, 4.69) is 15.0 Å². The van der Waals surface area contributed by atoms with Gasteiger partial charge in [-0.05, 0) is 6.07 Å². The largest absolute Gasteiger partial charge is 0.467 e. The number of pyridine rings is 1. The number of nitrogens with one attached hydrogen (secondary N) is 1. The quantitative estimate of drug-likeness (QED) is 0.921. The Bertz CT molecular complexity index is 347. The molecule has 1 heterocycles. The van der Waals surface area contributed by atoms with Gasteiger partial charge in [-0.2, -0.15) is 13.2 Å². The van der Waals surface area contributed by atoms with Crippen molar-refractivity contribution in [2.24, 2.45) is 0 Å². The van der Waals surface area contributed by atoms with E-state index in [1.54, 1.807) is 7.05 Å². The molecular weight excluding hydrogens is 268 g/mol. The molecule has 16 heavy (non-hydrogen) atoms. The highest BCUT2D eigenvalue weighted by Gasteiger charge is 2.29. The van der Waals surface area contributed by atoms with E-state index in [1.165, 1.54) is 12.3 Å². The molecule has 1 N–H and O–H groups in total. The van der Waals surface area contributed by atoms with Crippen LogP contribution in [0.3, 0.4) is 0 Å². The van der Waals surface area contributed by atoms with Crippen molar-refractivity contribution in [2.45, 2.75) is 6.18 Å². The second-order valence-electron chi connectivity index (χ2n) is 2.66. The van der Waals surface area contributed by atoms with Crippen molar-refractivity contribution in [1.29, 1.82) is 0 Å². The molecule has 0 saturated heterocycles. The zero-order valence-electron chi connectivity index (χ0n) is 8.14. The van der Waals surface area contributed by atoms with Gasteiger partial charge in [-0.3, -0.25) is 0 Å². The maximum atomic E-state index is 11.8. The normalized spacial score (nSPS) is 10.6. The summed E-state index contributed by atoms with van der Waals surface area (Å²) in [6, 6.07) is 1.43. The van der Waals surface area contributed by atoms with Gasteiger partial charge in [0.2, 0.25) is 5.88 Å². The highest BCUT2D eigenvalue weighted by atomic mass is 35.5. The Balaban J connectivity index is 0.00000225. The summed E-state index contributed by atoms with van der Waals surface area (Å²) in [4.78, 5) is 3.64. The second-order valence-corrected chi connectivity index (χ2v) is 3.07. The molecule has 1 aromatic rings. The Morgan fingerprint density at radius 3 is 2.56 bits per heavy atom. The average Bonchev–Trinajstić information content (AvgIpc) is 2.14. The molecule has 0 spiro atoms. The Morgan fingerprint density at radius 1 is 1.50 bits per heavy atom. The highest BCUT2D eigenvalue weighted by molar-refractivity contribution is 6.32. The number of halogens is 5. The first-order valence-electron chi connectivity index (χ1n) is 3.95. The molecule has 0 aromatic carbocycles. The Kier molecular flexibility index (Phi) is 5.67. The molecule has 3 nitrogen and oxygen atoms in total. The zero-order valence-corrected chi connectivity index (χ0v) is 9.71. The van der Waals surface area contributed by atoms with Crippen LogP contribution in [0.25, 0.3) is 0 Å². The van der Waals surface area contributed by atoms with E-state index < -0.39 is 12.8 Å². The van der Waals surface area contributed by atoms with Gasteiger partial charge in [-0.25, -0.2) is 4.98 Å². The molecule has 0 radical (unpaired) electrons. The predicted octanol–water partition coefficient (Wildman–Crippen LogP) is 3.14. The van der Waals surface area contributed by atoms with E-state index in [0.717, 1.165) is 0 Å². The van der Waals surface area contributed by atoms with Crippen molar-refractivity contribution in [2.75, 3.05) is 19.0 Å². The predicted molar refractivity (Wildman–Crippen MR) is 57.6 cm³/mol. The summed E-state index contributed by atoms with van der Waals surface area (Å²) in [5, 5.41) is 2.78. The van der Waals surface area contributed by atoms with Crippen LogP contribution in [0.1, 0.15) is 0 Å². The van der Waals surface area contributed by atoms with E-state index >= 15 is 0 Å². The topological polar surface area (TPSA) is 34.2 Å². The molecule has 0 aliphatic carbocycles. The third kappa shape index (κ3) is 4.76. The molecule has 0 bridgehead atoms.